The molecule has 0 spiro atoms. The molecule has 0 aromatic heterocycles. The fourth-order valence-electron chi connectivity index (χ4n) is 2.96. The molecule has 0 heterocycles. The molecule has 0 aliphatic rings. The third-order valence-corrected chi connectivity index (χ3v) is 6.91. The number of carbonyl (C=O) groups is 1. The molecule has 0 unspecified atom stereocenters. The van der Waals surface area contributed by atoms with Crippen LogP contribution in [0.1, 0.15) is 31.4 Å². The Bertz CT molecular complexity index is 952. The van der Waals surface area contributed by atoms with Crippen molar-refractivity contribution in [2.75, 3.05) is 25.0 Å². The number of para-hydroxylation sites is 1. The predicted molar refractivity (Wildman–Crippen MR) is 116 cm³/mol. The second kappa shape index (κ2) is 10.1. The normalized spacial score (nSPS) is 11.5. The van der Waals surface area contributed by atoms with Gasteiger partial charge in [-0.05, 0) is 43.2 Å². The van der Waals surface area contributed by atoms with Gasteiger partial charge in [0.05, 0.1) is 28.6 Å². The lowest BCUT2D eigenvalue weighted by molar-refractivity contribution is -0.116. The lowest BCUT2D eigenvalue weighted by atomic mass is 10.1. The number of nitrogens with one attached hydrogen (secondary N) is 1. The molecule has 8 heteroatoms. The third kappa shape index (κ3) is 5.72. The summed E-state index contributed by atoms with van der Waals surface area (Å²) in [6.45, 7) is 8.36. The Balaban J connectivity index is 2.07. The minimum absolute atomic E-state index is 0.0904. The van der Waals surface area contributed by atoms with Crippen LogP contribution in [0.4, 0.5) is 5.69 Å². The average Bonchev–Trinajstić information content (AvgIpc) is 2.66. The number of amides is 1. The molecule has 0 aliphatic heterocycles. The van der Waals surface area contributed by atoms with Crippen molar-refractivity contribution in [3.05, 3.63) is 52.5 Å². The van der Waals surface area contributed by atoms with Crippen molar-refractivity contribution in [3.63, 3.8) is 0 Å². The minimum Gasteiger partial charge on any atom is -0.493 e. The van der Waals surface area contributed by atoms with Crippen LogP contribution in [0.3, 0.4) is 0 Å². The van der Waals surface area contributed by atoms with Crippen LogP contribution in [0.25, 0.3) is 0 Å². The number of nitrogens with zero attached hydrogens (tertiary/aromatic N) is 1. The number of carbonyl (C=O) groups excluding carboxylic acids is 1. The van der Waals surface area contributed by atoms with Crippen molar-refractivity contribution in [1.29, 1.82) is 0 Å². The summed E-state index contributed by atoms with van der Waals surface area (Å²) in [7, 11) is -3.64. The van der Waals surface area contributed by atoms with Crippen LogP contribution in [-0.4, -0.2) is 38.3 Å². The number of aryl methyl sites for hydroxylation is 2. The second-order valence-electron chi connectivity index (χ2n) is 6.60. The van der Waals surface area contributed by atoms with Crippen LogP contribution < -0.4 is 10.1 Å². The lowest BCUT2D eigenvalue weighted by Crippen LogP contribution is -2.30. The summed E-state index contributed by atoms with van der Waals surface area (Å²) in [6, 6.07) is 10.1. The molecule has 29 heavy (non-hydrogen) atoms. The Morgan fingerprint density at radius 3 is 2.31 bits per heavy atom. The fourth-order valence-corrected chi connectivity index (χ4v) is 4.61. The smallest absolute Gasteiger partial charge is 0.243 e. The molecule has 0 radical (unpaired) electrons. The van der Waals surface area contributed by atoms with E-state index < -0.39 is 10.0 Å². The van der Waals surface area contributed by atoms with Gasteiger partial charge in [0.15, 0.2) is 0 Å². The monoisotopic (exact) mass is 438 g/mol. The van der Waals surface area contributed by atoms with Crippen molar-refractivity contribution in [1.82, 2.24) is 4.31 Å². The SMILES string of the molecule is CCN(CC)S(=O)(=O)c1ccc(Cl)c(NC(=O)CCOc2c(C)cccc2C)c1. The number of rotatable bonds is 9. The van der Waals surface area contributed by atoms with Gasteiger partial charge in [-0.1, -0.05) is 43.6 Å². The maximum absolute atomic E-state index is 12.7. The summed E-state index contributed by atoms with van der Waals surface area (Å²) in [5, 5.41) is 2.95. The molecule has 2 aromatic carbocycles. The van der Waals surface area contributed by atoms with Gasteiger partial charge in [0.25, 0.3) is 0 Å². The molecule has 0 atom stereocenters. The first-order valence-corrected chi connectivity index (χ1v) is 11.3. The number of ether oxygens (including phenoxy) is 1. The van der Waals surface area contributed by atoms with Crippen LogP contribution >= 0.6 is 11.6 Å². The zero-order valence-electron chi connectivity index (χ0n) is 17.2. The van der Waals surface area contributed by atoms with Gasteiger partial charge in [-0.2, -0.15) is 4.31 Å². The molecule has 1 N–H and O–H groups in total. The quantitative estimate of drug-likeness (QED) is 0.629. The van der Waals surface area contributed by atoms with E-state index in [1.54, 1.807) is 13.8 Å². The van der Waals surface area contributed by atoms with Gasteiger partial charge in [-0.15, -0.1) is 0 Å². The van der Waals surface area contributed by atoms with Crippen molar-refractivity contribution in [2.45, 2.75) is 39.0 Å². The Morgan fingerprint density at radius 2 is 1.72 bits per heavy atom. The predicted octanol–water partition coefficient (Wildman–Crippen LogP) is 4.39. The van der Waals surface area contributed by atoms with Gasteiger partial charge in [-0.3, -0.25) is 4.79 Å². The van der Waals surface area contributed by atoms with Crippen molar-refractivity contribution >= 4 is 33.2 Å². The molecular weight excluding hydrogens is 412 g/mol. The van der Waals surface area contributed by atoms with Crippen molar-refractivity contribution in [3.8, 4) is 5.75 Å². The average molecular weight is 439 g/mol. The highest BCUT2D eigenvalue weighted by Gasteiger charge is 2.22. The number of benzene rings is 2. The first-order chi connectivity index (χ1) is 13.7. The van der Waals surface area contributed by atoms with Gasteiger partial charge in [-0.25, -0.2) is 8.42 Å². The van der Waals surface area contributed by atoms with Gasteiger partial charge in [0.1, 0.15) is 5.75 Å². The van der Waals surface area contributed by atoms with Gasteiger partial charge in [0.2, 0.25) is 15.9 Å². The largest absolute Gasteiger partial charge is 0.493 e. The van der Waals surface area contributed by atoms with E-state index in [4.69, 9.17) is 16.3 Å². The van der Waals surface area contributed by atoms with E-state index in [0.717, 1.165) is 16.9 Å². The number of hydrogen-bond donors (Lipinski definition) is 1. The lowest BCUT2D eigenvalue weighted by Gasteiger charge is -2.19. The van der Waals surface area contributed by atoms with Gasteiger partial charge < -0.3 is 10.1 Å². The molecular formula is C21H27ClN2O4S. The van der Waals surface area contributed by atoms with Gasteiger partial charge >= 0.3 is 0 Å². The van der Waals surface area contributed by atoms with E-state index in [-0.39, 0.29) is 34.5 Å². The summed E-state index contributed by atoms with van der Waals surface area (Å²) in [5.74, 6) is 0.459. The van der Waals surface area contributed by atoms with Crippen LogP contribution in [0.15, 0.2) is 41.3 Å². The highest BCUT2D eigenvalue weighted by Crippen LogP contribution is 2.27. The van der Waals surface area contributed by atoms with E-state index >= 15 is 0 Å². The Hall–Kier alpha value is -2.09. The molecule has 0 fully saturated rings. The molecule has 2 rings (SSSR count). The maximum Gasteiger partial charge on any atom is 0.243 e. The Morgan fingerprint density at radius 1 is 1.10 bits per heavy atom. The summed E-state index contributed by atoms with van der Waals surface area (Å²) in [5.41, 5.74) is 2.27. The van der Waals surface area contributed by atoms with E-state index in [0.29, 0.717) is 13.1 Å². The Kier molecular flexibility index (Phi) is 8.07. The van der Waals surface area contributed by atoms with Crippen LogP contribution in [0.2, 0.25) is 5.02 Å². The molecule has 0 saturated heterocycles. The maximum atomic E-state index is 12.7. The van der Waals surface area contributed by atoms with Crippen molar-refractivity contribution in [2.24, 2.45) is 0 Å². The number of sulfonamides is 1. The molecule has 0 aliphatic carbocycles. The second-order valence-corrected chi connectivity index (χ2v) is 8.94. The molecule has 6 nitrogen and oxygen atoms in total. The first kappa shape index (κ1) is 23.2. The van der Waals surface area contributed by atoms with E-state index in [9.17, 15) is 13.2 Å². The van der Waals surface area contributed by atoms with Crippen LogP contribution in [0, 0.1) is 13.8 Å². The molecule has 158 valence electrons. The number of anilines is 1. The minimum atomic E-state index is -3.64. The third-order valence-electron chi connectivity index (χ3n) is 4.54. The zero-order valence-corrected chi connectivity index (χ0v) is 18.7. The van der Waals surface area contributed by atoms with Crippen LogP contribution in [-0.2, 0) is 14.8 Å². The molecule has 2 aromatic rings. The fraction of sp³-hybridized carbons (Fsp3) is 0.381. The van der Waals surface area contributed by atoms with Crippen molar-refractivity contribution < 1.29 is 17.9 Å². The van der Waals surface area contributed by atoms with Gasteiger partial charge in [0, 0.05) is 13.1 Å². The first-order valence-electron chi connectivity index (χ1n) is 9.49. The molecule has 1 amide bonds. The van der Waals surface area contributed by atoms with E-state index in [2.05, 4.69) is 5.32 Å². The Labute approximate surface area is 177 Å². The zero-order chi connectivity index (χ0) is 21.6. The van der Waals surface area contributed by atoms with Crippen LogP contribution in [0.5, 0.6) is 5.75 Å². The molecule has 0 saturated carbocycles. The standard InChI is InChI=1S/C21H27ClN2O4S/c1-5-24(6-2)29(26,27)17-10-11-18(22)19(14-17)23-20(25)12-13-28-21-15(3)8-7-9-16(21)4/h7-11,14H,5-6,12-13H2,1-4H3,(H,23,25). The number of hydrogen-bond acceptors (Lipinski definition) is 4. The number of halogens is 1. The summed E-state index contributed by atoms with van der Waals surface area (Å²) >= 11 is 6.15. The highest BCUT2D eigenvalue weighted by molar-refractivity contribution is 7.89. The summed E-state index contributed by atoms with van der Waals surface area (Å²) in [6.07, 6.45) is 0.108. The summed E-state index contributed by atoms with van der Waals surface area (Å²) < 4.78 is 32.5. The summed E-state index contributed by atoms with van der Waals surface area (Å²) in [4.78, 5) is 12.4. The highest BCUT2D eigenvalue weighted by atomic mass is 35.5. The molecule has 0 bridgehead atoms. The topological polar surface area (TPSA) is 75.7 Å². The van der Waals surface area contributed by atoms with E-state index in [1.165, 1.54) is 22.5 Å². The van der Waals surface area contributed by atoms with E-state index in [1.807, 2.05) is 32.0 Å².